The van der Waals surface area contributed by atoms with Crippen molar-refractivity contribution in [2.75, 3.05) is 52.4 Å². The van der Waals surface area contributed by atoms with Crippen molar-refractivity contribution in [3.05, 3.63) is 48.6 Å². The first-order chi connectivity index (χ1) is 13.2. The lowest BCUT2D eigenvalue weighted by Crippen LogP contribution is -2.43. The minimum atomic E-state index is -0.203. The summed E-state index contributed by atoms with van der Waals surface area (Å²) in [6.45, 7) is 6.53. The van der Waals surface area contributed by atoms with E-state index in [1.807, 2.05) is 0 Å². The molecule has 6 heteroatoms. The Bertz CT molecular complexity index is 560. The normalized spacial score (nSPS) is 23.9. The molecule has 3 aliphatic rings. The Morgan fingerprint density at radius 1 is 0.704 bits per heavy atom. The van der Waals surface area contributed by atoms with E-state index in [1.54, 1.807) is 0 Å². The average molecular weight is 370 g/mol. The molecular formula is C21H30N4O2. The smallest absolute Gasteiger partial charge is 0.229 e. The SMILES string of the molecule is O=C1CC(=O)NCCN(CC2C=CC=C2)CCN(CC2C=CC=C2)CCN1. The second-order valence-corrected chi connectivity index (χ2v) is 7.35. The molecule has 0 atom stereocenters. The summed E-state index contributed by atoms with van der Waals surface area (Å²) in [5, 5.41) is 5.73. The zero-order valence-corrected chi connectivity index (χ0v) is 15.8. The van der Waals surface area contributed by atoms with Crippen molar-refractivity contribution in [3.63, 3.8) is 0 Å². The van der Waals surface area contributed by atoms with Crippen molar-refractivity contribution in [1.29, 1.82) is 0 Å². The lowest BCUT2D eigenvalue weighted by molar-refractivity contribution is -0.129. The largest absolute Gasteiger partial charge is 0.354 e. The minimum Gasteiger partial charge on any atom is -0.354 e. The second kappa shape index (κ2) is 10.2. The van der Waals surface area contributed by atoms with Gasteiger partial charge in [-0.15, -0.1) is 0 Å². The van der Waals surface area contributed by atoms with Gasteiger partial charge in [0.25, 0.3) is 0 Å². The molecule has 0 aromatic heterocycles. The molecule has 3 rings (SSSR count). The fraction of sp³-hybridized carbons (Fsp3) is 0.524. The summed E-state index contributed by atoms with van der Waals surface area (Å²) in [5.74, 6) is 0.471. The summed E-state index contributed by atoms with van der Waals surface area (Å²) in [4.78, 5) is 28.6. The van der Waals surface area contributed by atoms with Crippen LogP contribution in [-0.2, 0) is 9.59 Å². The van der Waals surface area contributed by atoms with Gasteiger partial charge in [0.2, 0.25) is 11.8 Å². The van der Waals surface area contributed by atoms with Gasteiger partial charge < -0.3 is 10.6 Å². The van der Waals surface area contributed by atoms with Gasteiger partial charge in [-0.25, -0.2) is 0 Å². The summed E-state index contributed by atoms with van der Waals surface area (Å²) >= 11 is 0. The van der Waals surface area contributed by atoms with E-state index in [2.05, 4.69) is 69.0 Å². The van der Waals surface area contributed by atoms with Gasteiger partial charge in [-0.3, -0.25) is 19.4 Å². The van der Waals surface area contributed by atoms with E-state index in [1.165, 1.54) is 0 Å². The van der Waals surface area contributed by atoms with Crippen LogP contribution in [-0.4, -0.2) is 74.0 Å². The van der Waals surface area contributed by atoms with Gasteiger partial charge in [0, 0.05) is 64.2 Å². The van der Waals surface area contributed by atoms with Gasteiger partial charge >= 0.3 is 0 Å². The van der Waals surface area contributed by atoms with Crippen molar-refractivity contribution in [2.45, 2.75) is 6.42 Å². The number of amides is 2. The summed E-state index contributed by atoms with van der Waals surface area (Å²) in [6.07, 6.45) is 17.1. The lowest BCUT2D eigenvalue weighted by Gasteiger charge is -2.29. The van der Waals surface area contributed by atoms with Crippen LogP contribution < -0.4 is 10.6 Å². The number of nitrogens with zero attached hydrogens (tertiary/aromatic N) is 2. The van der Waals surface area contributed by atoms with E-state index >= 15 is 0 Å². The van der Waals surface area contributed by atoms with Gasteiger partial charge in [0.15, 0.2) is 0 Å². The Morgan fingerprint density at radius 3 is 1.52 bits per heavy atom. The molecule has 1 fully saturated rings. The molecular weight excluding hydrogens is 340 g/mol. The Labute approximate surface area is 161 Å². The molecule has 1 aliphatic heterocycles. The van der Waals surface area contributed by atoms with Crippen molar-refractivity contribution >= 4 is 11.8 Å². The Hall–Kier alpha value is -2.18. The van der Waals surface area contributed by atoms with Crippen LogP contribution in [0.3, 0.4) is 0 Å². The van der Waals surface area contributed by atoms with E-state index in [-0.39, 0.29) is 18.2 Å². The number of hydrogen-bond acceptors (Lipinski definition) is 4. The number of carbonyl (C=O) groups is 2. The maximum atomic E-state index is 11.9. The lowest BCUT2D eigenvalue weighted by atomic mass is 10.1. The molecule has 2 aliphatic carbocycles. The highest BCUT2D eigenvalue weighted by atomic mass is 16.2. The first kappa shape index (κ1) is 19.6. The fourth-order valence-corrected chi connectivity index (χ4v) is 3.64. The van der Waals surface area contributed by atoms with Crippen molar-refractivity contribution in [2.24, 2.45) is 11.8 Å². The van der Waals surface area contributed by atoms with Crippen molar-refractivity contribution in [3.8, 4) is 0 Å². The Balaban J connectivity index is 1.61. The van der Waals surface area contributed by atoms with Crippen LogP contribution in [0, 0.1) is 11.8 Å². The molecule has 1 heterocycles. The third kappa shape index (κ3) is 6.81. The van der Waals surface area contributed by atoms with Crippen LogP contribution in [0.15, 0.2) is 48.6 Å². The van der Waals surface area contributed by atoms with E-state index in [0.29, 0.717) is 24.9 Å². The average Bonchev–Trinajstić information content (AvgIpc) is 3.32. The third-order valence-corrected chi connectivity index (χ3v) is 5.15. The molecule has 1 saturated heterocycles. The molecule has 0 aromatic carbocycles. The topological polar surface area (TPSA) is 64.7 Å². The van der Waals surface area contributed by atoms with E-state index in [0.717, 1.165) is 39.3 Å². The molecule has 0 aromatic rings. The summed E-state index contributed by atoms with van der Waals surface area (Å²) in [7, 11) is 0. The quantitative estimate of drug-likeness (QED) is 0.716. The number of rotatable bonds is 4. The van der Waals surface area contributed by atoms with Crippen LogP contribution >= 0.6 is 0 Å². The van der Waals surface area contributed by atoms with Gasteiger partial charge in [-0.2, -0.15) is 0 Å². The zero-order chi connectivity index (χ0) is 18.9. The monoisotopic (exact) mass is 370 g/mol. The van der Waals surface area contributed by atoms with E-state index < -0.39 is 0 Å². The van der Waals surface area contributed by atoms with Crippen molar-refractivity contribution in [1.82, 2.24) is 20.4 Å². The maximum absolute atomic E-state index is 11.9. The molecule has 6 nitrogen and oxygen atoms in total. The summed E-state index contributed by atoms with van der Waals surface area (Å²) in [5.41, 5.74) is 0. The number of carbonyl (C=O) groups excluding carboxylic acids is 2. The van der Waals surface area contributed by atoms with Crippen LogP contribution in [0.1, 0.15) is 6.42 Å². The number of nitrogens with one attached hydrogen (secondary N) is 2. The van der Waals surface area contributed by atoms with Crippen LogP contribution in [0.4, 0.5) is 0 Å². The summed E-state index contributed by atoms with van der Waals surface area (Å²) < 4.78 is 0. The second-order valence-electron chi connectivity index (χ2n) is 7.35. The first-order valence-electron chi connectivity index (χ1n) is 9.87. The van der Waals surface area contributed by atoms with Crippen molar-refractivity contribution < 1.29 is 9.59 Å². The van der Waals surface area contributed by atoms with Crippen LogP contribution in [0.5, 0.6) is 0 Å². The Kier molecular flexibility index (Phi) is 7.42. The predicted molar refractivity (Wildman–Crippen MR) is 107 cm³/mol. The molecule has 0 radical (unpaired) electrons. The van der Waals surface area contributed by atoms with Gasteiger partial charge in [-0.05, 0) is 0 Å². The molecule has 0 unspecified atom stereocenters. The molecule has 27 heavy (non-hydrogen) atoms. The molecule has 0 saturated carbocycles. The molecule has 0 bridgehead atoms. The maximum Gasteiger partial charge on any atom is 0.229 e. The standard InChI is InChI=1S/C21H30N4O2/c26-20-15-21(27)23-10-12-25(17-19-7-3-4-8-19)14-13-24(11-9-22-20)16-18-5-1-2-6-18/h1-8,18-19H,9-17H2,(H,22,26)(H,23,27). The molecule has 2 N–H and O–H groups in total. The Morgan fingerprint density at radius 2 is 1.11 bits per heavy atom. The van der Waals surface area contributed by atoms with Gasteiger partial charge in [-0.1, -0.05) is 48.6 Å². The van der Waals surface area contributed by atoms with Crippen LogP contribution in [0.2, 0.25) is 0 Å². The molecule has 146 valence electrons. The number of hydrogen-bond donors (Lipinski definition) is 2. The summed E-state index contributed by atoms with van der Waals surface area (Å²) in [6, 6.07) is 0. The zero-order valence-electron chi connectivity index (χ0n) is 15.8. The number of allylic oxidation sites excluding steroid dienone is 4. The predicted octanol–water partition coefficient (Wildman–Crippen LogP) is 0.711. The first-order valence-corrected chi connectivity index (χ1v) is 9.87. The van der Waals surface area contributed by atoms with Gasteiger partial charge in [0.1, 0.15) is 6.42 Å². The molecule has 0 spiro atoms. The third-order valence-electron chi connectivity index (χ3n) is 5.15. The molecule has 2 amide bonds. The van der Waals surface area contributed by atoms with Gasteiger partial charge in [0.05, 0.1) is 0 Å². The van der Waals surface area contributed by atoms with Crippen LogP contribution in [0.25, 0.3) is 0 Å². The van der Waals surface area contributed by atoms with E-state index in [9.17, 15) is 9.59 Å². The van der Waals surface area contributed by atoms with E-state index in [4.69, 9.17) is 0 Å². The highest BCUT2D eigenvalue weighted by Gasteiger charge is 2.17. The highest BCUT2D eigenvalue weighted by Crippen LogP contribution is 2.13. The highest BCUT2D eigenvalue weighted by molar-refractivity contribution is 5.96. The fourth-order valence-electron chi connectivity index (χ4n) is 3.64. The minimum absolute atomic E-state index is 0.0950.